The summed E-state index contributed by atoms with van der Waals surface area (Å²) in [4.78, 5) is 19.3. The first-order valence-electron chi connectivity index (χ1n) is 13.5. The molecule has 0 aliphatic carbocycles. The summed E-state index contributed by atoms with van der Waals surface area (Å²) >= 11 is 0. The van der Waals surface area contributed by atoms with Gasteiger partial charge in [-0.05, 0) is 35.9 Å². The van der Waals surface area contributed by atoms with E-state index in [0.717, 1.165) is 60.7 Å². The Morgan fingerprint density at radius 1 is 0.415 bits per heavy atom. The number of benzene rings is 5. The fraction of sp³-hybridized carbons (Fsp3) is 0. The summed E-state index contributed by atoms with van der Waals surface area (Å²) in [6.07, 6.45) is 1.92. The number of para-hydroxylation sites is 2. The first-order chi connectivity index (χ1) is 20.3. The van der Waals surface area contributed by atoms with E-state index in [1.165, 1.54) is 0 Å². The second kappa shape index (κ2) is 9.50. The number of furan rings is 1. The molecule has 192 valence electrons. The normalized spacial score (nSPS) is 11.4. The van der Waals surface area contributed by atoms with Crippen LogP contribution in [0, 0.1) is 0 Å². The number of hydrogen-bond donors (Lipinski definition) is 0. The maximum atomic E-state index is 6.15. The van der Waals surface area contributed by atoms with Crippen LogP contribution in [0.3, 0.4) is 0 Å². The van der Waals surface area contributed by atoms with Crippen molar-refractivity contribution in [2.45, 2.75) is 0 Å². The molecule has 0 N–H and O–H groups in total. The molecule has 0 amide bonds. The lowest BCUT2D eigenvalue weighted by Gasteiger charge is -2.09. The summed E-state index contributed by atoms with van der Waals surface area (Å²) < 4.78 is 6.15. The van der Waals surface area contributed by atoms with E-state index >= 15 is 0 Å². The molecule has 5 aromatic carbocycles. The molecular formula is C36H22N4O. The van der Waals surface area contributed by atoms with Crippen molar-refractivity contribution in [2.75, 3.05) is 0 Å². The number of pyridine rings is 1. The van der Waals surface area contributed by atoms with Gasteiger partial charge >= 0.3 is 0 Å². The van der Waals surface area contributed by atoms with Crippen molar-refractivity contribution >= 4 is 32.8 Å². The lowest BCUT2D eigenvalue weighted by molar-refractivity contribution is 0.669. The van der Waals surface area contributed by atoms with Crippen LogP contribution in [0.15, 0.2) is 138 Å². The molecule has 5 heteroatoms. The lowest BCUT2D eigenvalue weighted by Crippen LogP contribution is -2.00. The molecule has 0 bridgehead atoms. The third kappa shape index (κ3) is 4.21. The van der Waals surface area contributed by atoms with Crippen LogP contribution in [0.4, 0.5) is 0 Å². The van der Waals surface area contributed by atoms with Crippen LogP contribution in [0.2, 0.25) is 0 Å². The molecule has 0 saturated heterocycles. The van der Waals surface area contributed by atoms with Crippen LogP contribution in [-0.2, 0) is 0 Å². The lowest BCUT2D eigenvalue weighted by atomic mass is 10.0. The molecule has 3 heterocycles. The summed E-state index contributed by atoms with van der Waals surface area (Å²) in [5, 5.41) is 3.28. The minimum Gasteiger partial charge on any atom is -0.456 e. The standard InChI is InChI=1S/C36H22N4O/c1-2-8-24(9-3-1)34-38-35(25-16-14-23(15-17-25)28-20-26-10-4-6-12-31(26)37-22-28)40-36(39-34)27-18-19-30-29-11-5-7-13-32(29)41-33(30)21-27/h1-22H. The van der Waals surface area contributed by atoms with Crippen LogP contribution in [0.5, 0.6) is 0 Å². The Kier molecular flexibility index (Phi) is 5.38. The van der Waals surface area contributed by atoms with Crippen molar-refractivity contribution in [1.82, 2.24) is 19.9 Å². The second-order valence-corrected chi connectivity index (χ2v) is 9.98. The number of nitrogens with zero attached hydrogens (tertiary/aromatic N) is 4. The maximum Gasteiger partial charge on any atom is 0.164 e. The van der Waals surface area contributed by atoms with E-state index in [4.69, 9.17) is 19.4 Å². The van der Waals surface area contributed by atoms with Gasteiger partial charge in [0.25, 0.3) is 0 Å². The third-order valence-corrected chi connectivity index (χ3v) is 7.37. The van der Waals surface area contributed by atoms with Gasteiger partial charge < -0.3 is 4.42 Å². The average Bonchev–Trinajstić information content (AvgIpc) is 3.43. The largest absolute Gasteiger partial charge is 0.456 e. The molecule has 3 aromatic heterocycles. The van der Waals surface area contributed by atoms with Gasteiger partial charge in [0.05, 0.1) is 5.52 Å². The molecule has 41 heavy (non-hydrogen) atoms. The minimum absolute atomic E-state index is 0.596. The zero-order chi connectivity index (χ0) is 27.2. The Morgan fingerprint density at radius 3 is 1.85 bits per heavy atom. The highest BCUT2D eigenvalue weighted by Gasteiger charge is 2.15. The molecule has 0 fully saturated rings. The SMILES string of the molecule is c1ccc(-c2nc(-c3ccc(-c4cnc5ccccc5c4)cc3)nc(-c3ccc4c(c3)oc3ccccc34)n2)cc1. The van der Waals surface area contributed by atoms with Crippen molar-refractivity contribution in [1.29, 1.82) is 0 Å². The van der Waals surface area contributed by atoms with E-state index in [-0.39, 0.29) is 0 Å². The molecule has 5 nitrogen and oxygen atoms in total. The molecule has 0 aliphatic rings. The summed E-state index contributed by atoms with van der Waals surface area (Å²) in [6, 6.07) is 42.8. The monoisotopic (exact) mass is 526 g/mol. The first-order valence-corrected chi connectivity index (χ1v) is 13.5. The average molecular weight is 527 g/mol. The molecule has 0 saturated carbocycles. The van der Waals surface area contributed by atoms with E-state index < -0.39 is 0 Å². The highest BCUT2D eigenvalue weighted by Crippen LogP contribution is 2.33. The Morgan fingerprint density at radius 2 is 1.02 bits per heavy atom. The smallest absolute Gasteiger partial charge is 0.164 e. The van der Waals surface area contributed by atoms with E-state index in [1.807, 2.05) is 85.1 Å². The van der Waals surface area contributed by atoms with E-state index in [1.54, 1.807) is 0 Å². The van der Waals surface area contributed by atoms with E-state index in [0.29, 0.717) is 17.5 Å². The zero-order valence-corrected chi connectivity index (χ0v) is 21.9. The van der Waals surface area contributed by atoms with Gasteiger partial charge in [0.15, 0.2) is 17.5 Å². The molecular weight excluding hydrogens is 504 g/mol. The van der Waals surface area contributed by atoms with Crippen LogP contribution >= 0.6 is 0 Å². The van der Waals surface area contributed by atoms with Crippen molar-refractivity contribution in [3.05, 3.63) is 134 Å². The fourth-order valence-corrected chi connectivity index (χ4v) is 5.26. The van der Waals surface area contributed by atoms with Crippen LogP contribution in [0.25, 0.3) is 78.1 Å². The van der Waals surface area contributed by atoms with Crippen molar-refractivity contribution in [3.63, 3.8) is 0 Å². The van der Waals surface area contributed by atoms with Gasteiger partial charge in [-0.1, -0.05) is 97.1 Å². The van der Waals surface area contributed by atoms with Gasteiger partial charge in [0, 0.05) is 44.6 Å². The maximum absolute atomic E-state index is 6.15. The van der Waals surface area contributed by atoms with Crippen LogP contribution in [0.1, 0.15) is 0 Å². The third-order valence-electron chi connectivity index (χ3n) is 7.37. The van der Waals surface area contributed by atoms with Crippen LogP contribution in [-0.4, -0.2) is 19.9 Å². The predicted octanol–water partition coefficient (Wildman–Crippen LogP) is 8.99. The van der Waals surface area contributed by atoms with Gasteiger partial charge in [0.1, 0.15) is 11.2 Å². The Hall–Kier alpha value is -5.68. The summed E-state index contributed by atoms with van der Waals surface area (Å²) in [7, 11) is 0. The van der Waals surface area contributed by atoms with Gasteiger partial charge in [-0.3, -0.25) is 4.98 Å². The Labute approximate surface area is 235 Å². The molecule has 0 spiro atoms. The van der Waals surface area contributed by atoms with Crippen molar-refractivity contribution in [2.24, 2.45) is 0 Å². The number of rotatable bonds is 4. The van der Waals surface area contributed by atoms with Gasteiger partial charge in [-0.15, -0.1) is 0 Å². The van der Waals surface area contributed by atoms with Crippen molar-refractivity contribution in [3.8, 4) is 45.3 Å². The number of hydrogen-bond acceptors (Lipinski definition) is 5. The molecule has 0 aliphatic heterocycles. The van der Waals surface area contributed by atoms with Gasteiger partial charge in [0.2, 0.25) is 0 Å². The fourth-order valence-electron chi connectivity index (χ4n) is 5.26. The first kappa shape index (κ1) is 23.2. The van der Waals surface area contributed by atoms with E-state index in [2.05, 4.69) is 53.5 Å². The highest BCUT2D eigenvalue weighted by atomic mass is 16.3. The minimum atomic E-state index is 0.596. The highest BCUT2D eigenvalue weighted by molar-refractivity contribution is 6.05. The summed E-state index contributed by atoms with van der Waals surface area (Å²) in [5.74, 6) is 1.83. The molecule has 0 unspecified atom stereocenters. The molecule has 0 atom stereocenters. The summed E-state index contributed by atoms with van der Waals surface area (Å²) in [5.41, 5.74) is 7.52. The Balaban J connectivity index is 1.23. The van der Waals surface area contributed by atoms with Gasteiger partial charge in [-0.25, -0.2) is 15.0 Å². The molecule has 0 radical (unpaired) electrons. The van der Waals surface area contributed by atoms with Gasteiger partial charge in [-0.2, -0.15) is 0 Å². The number of fused-ring (bicyclic) bond motifs is 4. The van der Waals surface area contributed by atoms with Crippen LogP contribution < -0.4 is 0 Å². The summed E-state index contributed by atoms with van der Waals surface area (Å²) in [6.45, 7) is 0. The Bertz CT molecular complexity index is 2200. The van der Waals surface area contributed by atoms with E-state index in [9.17, 15) is 0 Å². The zero-order valence-electron chi connectivity index (χ0n) is 21.9. The quantitative estimate of drug-likeness (QED) is 0.229. The number of aromatic nitrogens is 4. The van der Waals surface area contributed by atoms with Crippen molar-refractivity contribution < 1.29 is 4.42 Å². The molecule has 8 rings (SSSR count). The topological polar surface area (TPSA) is 64.7 Å². The molecule has 8 aromatic rings. The second-order valence-electron chi connectivity index (χ2n) is 9.98. The predicted molar refractivity (Wildman–Crippen MR) is 164 cm³/mol.